The Kier molecular flexibility index (Phi) is 10.5. The zero-order valence-electron chi connectivity index (χ0n) is 27.2. The maximum Gasteiger partial charge on any atom is 0.322 e. The summed E-state index contributed by atoms with van der Waals surface area (Å²) in [5.74, 6) is -0.252. The molecule has 3 saturated heterocycles. The molecule has 0 unspecified atom stereocenters. The van der Waals surface area contributed by atoms with Gasteiger partial charge in [0.05, 0.1) is 22.9 Å². The van der Waals surface area contributed by atoms with Crippen molar-refractivity contribution in [1.82, 2.24) is 24.7 Å². The number of fused-ring (bicyclic) bond motifs is 1. The molecule has 0 bridgehead atoms. The van der Waals surface area contributed by atoms with Crippen LogP contribution in [0.15, 0.2) is 22.9 Å². The van der Waals surface area contributed by atoms with E-state index in [1.54, 1.807) is 11.3 Å². The topological polar surface area (TPSA) is 105 Å². The van der Waals surface area contributed by atoms with E-state index >= 15 is 0 Å². The molecular weight excluding hydrogens is 622 g/mol. The summed E-state index contributed by atoms with van der Waals surface area (Å²) in [6.45, 7) is 9.74. The summed E-state index contributed by atoms with van der Waals surface area (Å²) in [5.41, 5.74) is 10.8. The molecule has 0 radical (unpaired) electrons. The van der Waals surface area contributed by atoms with Crippen LogP contribution >= 0.6 is 22.9 Å². The number of benzene rings is 1. The highest BCUT2D eigenvalue weighted by molar-refractivity contribution is 7.08. The molecule has 2 aromatic rings. The average molecular weight is 670 g/mol. The third kappa shape index (κ3) is 7.39. The number of amides is 3. The molecule has 1 atom stereocenters. The average Bonchev–Trinajstić information content (AvgIpc) is 3.53. The number of nitrogens with one attached hydrogen (secondary N) is 1. The molecule has 0 aliphatic carbocycles. The number of anilines is 2. The molecule has 4 aliphatic heterocycles. The van der Waals surface area contributed by atoms with Gasteiger partial charge in [-0.15, -0.1) is 11.3 Å². The molecule has 5 heterocycles. The second kappa shape index (κ2) is 14.6. The number of piperazine rings is 1. The van der Waals surface area contributed by atoms with Crippen molar-refractivity contribution in [2.75, 3.05) is 70.5 Å². The first-order chi connectivity index (χ1) is 22.2. The van der Waals surface area contributed by atoms with E-state index in [1.807, 2.05) is 28.2 Å². The van der Waals surface area contributed by atoms with Gasteiger partial charge in [-0.1, -0.05) is 24.6 Å². The lowest BCUT2D eigenvalue weighted by Crippen LogP contribution is -2.55. The second-order valence-electron chi connectivity index (χ2n) is 13.5. The fraction of sp³-hybridized carbons (Fsp3) is 0.618. The summed E-state index contributed by atoms with van der Waals surface area (Å²) in [6.07, 6.45) is 4.50. The number of likely N-dealkylation sites (N-methyl/N-ethyl adjacent to an activating group) is 1. The molecule has 46 heavy (non-hydrogen) atoms. The normalized spacial score (nSPS) is 21.7. The number of thiophene rings is 1. The van der Waals surface area contributed by atoms with E-state index in [-0.39, 0.29) is 36.1 Å². The molecule has 0 saturated carbocycles. The molecule has 12 heteroatoms. The molecule has 10 nitrogen and oxygen atoms in total. The fourth-order valence-electron chi connectivity index (χ4n) is 7.61. The Bertz CT molecular complexity index is 1410. The highest BCUT2D eigenvalue weighted by atomic mass is 35.5. The predicted octanol–water partition coefficient (Wildman–Crippen LogP) is 4.58. The Morgan fingerprint density at radius 1 is 1.00 bits per heavy atom. The molecular formula is C34H48ClN7O3S. The highest BCUT2D eigenvalue weighted by Crippen LogP contribution is 2.33. The van der Waals surface area contributed by atoms with Gasteiger partial charge in [0, 0.05) is 87.6 Å². The second-order valence-corrected chi connectivity index (χ2v) is 14.6. The van der Waals surface area contributed by atoms with Crippen molar-refractivity contribution in [1.29, 1.82) is 0 Å². The number of hydrazine groups is 1. The molecule has 6 rings (SSSR count). The van der Waals surface area contributed by atoms with Gasteiger partial charge >= 0.3 is 6.03 Å². The third-order valence-corrected chi connectivity index (χ3v) is 11.7. The first-order valence-electron chi connectivity index (χ1n) is 16.9. The van der Waals surface area contributed by atoms with Gasteiger partial charge in [0.2, 0.25) is 5.91 Å². The number of nitrogens with two attached hydrogens (primary N) is 1. The van der Waals surface area contributed by atoms with Crippen molar-refractivity contribution >= 4 is 52.0 Å². The Hall–Kier alpha value is -2.70. The van der Waals surface area contributed by atoms with Crippen molar-refractivity contribution < 1.29 is 14.4 Å². The smallest absolute Gasteiger partial charge is 0.322 e. The van der Waals surface area contributed by atoms with Crippen LogP contribution in [0.4, 0.5) is 16.2 Å². The molecule has 0 spiro atoms. The molecule has 4 aliphatic rings. The van der Waals surface area contributed by atoms with Gasteiger partial charge < -0.3 is 25.8 Å². The SMILES string of the molecule is CCc1cc(C[C@@H](CC(=O)N2CCC(N3Cc4cscc4NC3=O)CC2)C(=O)C2CCN(N3CCN(C)CC3)CC2)cc(Cl)c1N. The zero-order valence-corrected chi connectivity index (χ0v) is 28.8. The van der Waals surface area contributed by atoms with Gasteiger partial charge in [-0.2, -0.15) is 0 Å². The summed E-state index contributed by atoms with van der Waals surface area (Å²) < 4.78 is 0. The van der Waals surface area contributed by atoms with Crippen LogP contribution in [-0.4, -0.2) is 108 Å². The number of aryl methyl sites for hydroxylation is 1. The fourth-order valence-corrected chi connectivity index (χ4v) is 8.65. The third-order valence-electron chi connectivity index (χ3n) is 10.6. The van der Waals surface area contributed by atoms with Gasteiger partial charge in [0.15, 0.2) is 0 Å². The Balaban J connectivity index is 1.10. The van der Waals surface area contributed by atoms with Crippen LogP contribution in [0.2, 0.25) is 5.02 Å². The van der Waals surface area contributed by atoms with Crippen LogP contribution < -0.4 is 11.1 Å². The quantitative estimate of drug-likeness (QED) is 0.377. The van der Waals surface area contributed by atoms with E-state index in [1.165, 1.54) is 0 Å². The molecule has 250 valence electrons. The zero-order chi connectivity index (χ0) is 32.4. The lowest BCUT2D eigenvalue weighted by molar-refractivity contribution is -0.139. The number of ketones is 1. The number of hydrogen-bond donors (Lipinski definition) is 2. The van der Waals surface area contributed by atoms with E-state index in [9.17, 15) is 14.4 Å². The maximum absolute atomic E-state index is 14.2. The Morgan fingerprint density at radius 3 is 2.39 bits per heavy atom. The van der Waals surface area contributed by atoms with E-state index in [4.69, 9.17) is 17.3 Å². The Morgan fingerprint density at radius 2 is 1.70 bits per heavy atom. The number of likely N-dealkylation sites (tertiary alicyclic amines) is 1. The first kappa shape index (κ1) is 33.2. The lowest BCUT2D eigenvalue weighted by Gasteiger charge is -2.43. The van der Waals surface area contributed by atoms with Crippen LogP contribution in [0.25, 0.3) is 0 Å². The molecule has 3 N–H and O–H groups in total. The lowest BCUT2D eigenvalue weighted by atomic mass is 9.81. The number of carbonyl (C=O) groups excluding carboxylic acids is 3. The van der Waals surface area contributed by atoms with Crippen molar-refractivity contribution in [2.45, 2.75) is 64.5 Å². The van der Waals surface area contributed by atoms with Crippen molar-refractivity contribution in [3.8, 4) is 0 Å². The maximum atomic E-state index is 14.2. The number of Topliss-reactive ketones (excluding diaryl/α,β-unsaturated/α-hetero) is 1. The number of rotatable bonds is 9. The van der Waals surface area contributed by atoms with Crippen molar-refractivity contribution in [3.05, 3.63) is 44.6 Å². The molecule has 1 aromatic heterocycles. The number of hydrogen-bond acceptors (Lipinski definition) is 8. The summed E-state index contributed by atoms with van der Waals surface area (Å²) in [4.78, 5) is 47.0. The largest absolute Gasteiger partial charge is 0.397 e. The number of halogens is 1. The van der Waals surface area contributed by atoms with Gasteiger partial charge in [-0.05, 0) is 68.1 Å². The number of urea groups is 1. The van der Waals surface area contributed by atoms with Crippen LogP contribution in [0.3, 0.4) is 0 Å². The number of piperidine rings is 2. The highest BCUT2D eigenvalue weighted by Gasteiger charge is 2.37. The van der Waals surface area contributed by atoms with Gasteiger partial charge in [0.1, 0.15) is 5.78 Å². The standard InChI is InChI=1S/C34H48ClN7O3S/c1-3-24-16-23(18-29(35)32(24)36)17-26(33(44)25-4-10-40(11-5-25)41-14-12-38(2)13-15-41)19-31(43)39-8-6-28(7-9-39)42-20-27-21-46-22-30(27)37-34(42)45/h16,18,21-22,25-26,28H,3-15,17,19-20,36H2,1-2H3,(H,37,45)/t26-/m0/s1. The number of nitrogens with zero attached hydrogens (tertiary/aromatic N) is 5. The summed E-state index contributed by atoms with van der Waals surface area (Å²) in [5, 5.41) is 12.4. The van der Waals surface area contributed by atoms with Crippen LogP contribution in [0, 0.1) is 11.8 Å². The summed E-state index contributed by atoms with van der Waals surface area (Å²) in [6, 6.07) is 3.94. The van der Waals surface area contributed by atoms with Crippen LogP contribution in [0.1, 0.15) is 55.7 Å². The van der Waals surface area contributed by atoms with Crippen molar-refractivity contribution in [2.24, 2.45) is 11.8 Å². The van der Waals surface area contributed by atoms with Gasteiger partial charge in [-0.25, -0.2) is 14.8 Å². The molecule has 3 fully saturated rings. The minimum absolute atomic E-state index is 0.0205. The van der Waals surface area contributed by atoms with E-state index in [2.05, 4.69) is 38.7 Å². The van der Waals surface area contributed by atoms with E-state index < -0.39 is 5.92 Å². The monoisotopic (exact) mass is 669 g/mol. The van der Waals surface area contributed by atoms with Crippen molar-refractivity contribution in [3.63, 3.8) is 0 Å². The summed E-state index contributed by atoms with van der Waals surface area (Å²) >= 11 is 8.11. The Labute approximate surface area is 281 Å². The van der Waals surface area contributed by atoms with Gasteiger partial charge in [0.25, 0.3) is 0 Å². The first-order valence-corrected chi connectivity index (χ1v) is 18.2. The summed E-state index contributed by atoms with van der Waals surface area (Å²) in [7, 11) is 2.16. The predicted molar refractivity (Wildman–Crippen MR) is 184 cm³/mol. The number of nitrogen functional groups attached to an aromatic ring is 1. The van der Waals surface area contributed by atoms with Crippen LogP contribution in [0.5, 0.6) is 0 Å². The number of carbonyl (C=O) groups is 3. The van der Waals surface area contributed by atoms with E-state index in [0.29, 0.717) is 36.8 Å². The minimum atomic E-state index is -0.417. The van der Waals surface area contributed by atoms with Crippen LogP contribution in [-0.2, 0) is 29.0 Å². The minimum Gasteiger partial charge on any atom is -0.397 e. The van der Waals surface area contributed by atoms with Gasteiger partial charge in [-0.3, -0.25) is 9.59 Å². The van der Waals surface area contributed by atoms with E-state index in [0.717, 1.165) is 93.8 Å². The molecule has 3 amide bonds. The molecule has 1 aromatic carbocycles.